The molecule has 0 aliphatic rings. The summed E-state index contributed by atoms with van der Waals surface area (Å²) in [5.41, 5.74) is 4.50. The van der Waals surface area contributed by atoms with E-state index in [1.807, 2.05) is 64.2 Å². The van der Waals surface area contributed by atoms with Gasteiger partial charge >= 0.3 is 6.09 Å². The number of ether oxygens (including phenoxy) is 1. The third kappa shape index (κ3) is 6.90. The lowest BCUT2D eigenvalue weighted by Gasteiger charge is -2.27. The van der Waals surface area contributed by atoms with Crippen LogP contribution in [0.3, 0.4) is 0 Å². The molecule has 0 spiro atoms. The highest BCUT2D eigenvalue weighted by atomic mass is 32.1. The van der Waals surface area contributed by atoms with Crippen LogP contribution in [0.15, 0.2) is 60.8 Å². The zero-order valence-electron chi connectivity index (χ0n) is 23.3. The minimum Gasteiger partial charge on any atom is -0.443 e. The maximum absolute atomic E-state index is 13.1. The van der Waals surface area contributed by atoms with Crippen molar-refractivity contribution in [2.45, 2.75) is 59.0 Å². The first kappa shape index (κ1) is 27.6. The number of anilines is 2. The molecule has 2 heterocycles. The van der Waals surface area contributed by atoms with Crippen molar-refractivity contribution in [1.82, 2.24) is 9.97 Å². The number of benzene rings is 2. The first-order valence-electron chi connectivity index (χ1n) is 13.3. The van der Waals surface area contributed by atoms with Crippen LogP contribution in [0.5, 0.6) is 0 Å². The average Bonchev–Trinajstić information content (AvgIpc) is 3.31. The zero-order chi connectivity index (χ0) is 27.3. The number of unbranched alkanes of at least 4 members (excludes halogenated alkanes) is 3. The van der Waals surface area contributed by atoms with Gasteiger partial charge in [0, 0.05) is 43.7 Å². The van der Waals surface area contributed by atoms with Crippen molar-refractivity contribution in [3.8, 4) is 21.7 Å². The van der Waals surface area contributed by atoms with Gasteiger partial charge in [0.15, 0.2) is 0 Å². The van der Waals surface area contributed by atoms with Gasteiger partial charge in [-0.05, 0) is 63.1 Å². The molecule has 38 heavy (non-hydrogen) atoms. The van der Waals surface area contributed by atoms with E-state index >= 15 is 0 Å². The normalized spacial score (nSPS) is 11.5. The molecule has 7 heteroatoms. The van der Waals surface area contributed by atoms with Gasteiger partial charge in [-0.15, -0.1) is 11.3 Å². The Morgan fingerprint density at radius 2 is 1.63 bits per heavy atom. The number of fused-ring (bicyclic) bond motifs is 1. The molecule has 1 amide bonds. The van der Waals surface area contributed by atoms with Crippen molar-refractivity contribution in [3.63, 3.8) is 0 Å². The fraction of sp³-hybridized carbons (Fsp3) is 0.387. The number of carbonyl (C=O) groups is 1. The Morgan fingerprint density at radius 1 is 0.921 bits per heavy atom. The molecule has 0 N–H and O–H groups in total. The van der Waals surface area contributed by atoms with Gasteiger partial charge in [0.2, 0.25) is 0 Å². The fourth-order valence-electron chi connectivity index (χ4n) is 4.17. The van der Waals surface area contributed by atoms with E-state index in [2.05, 4.69) is 48.3 Å². The van der Waals surface area contributed by atoms with Crippen LogP contribution in [0.2, 0.25) is 0 Å². The van der Waals surface area contributed by atoms with Gasteiger partial charge < -0.3 is 9.64 Å². The first-order valence-corrected chi connectivity index (χ1v) is 14.1. The maximum atomic E-state index is 13.1. The highest BCUT2D eigenvalue weighted by Crippen LogP contribution is 2.34. The molecular formula is C31H38N4O2S. The van der Waals surface area contributed by atoms with Crippen LogP contribution in [-0.4, -0.2) is 42.3 Å². The van der Waals surface area contributed by atoms with Crippen LogP contribution in [0.4, 0.5) is 16.3 Å². The average molecular weight is 531 g/mol. The number of pyridine rings is 1. The molecule has 0 fully saturated rings. The van der Waals surface area contributed by atoms with Gasteiger partial charge in [0.1, 0.15) is 16.4 Å². The molecule has 0 atom stereocenters. The van der Waals surface area contributed by atoms with Crippen LogP contribution in [0.25, 0.3) is 31.9 Å². The van der Waals surface area contributed by atoms with E-state index in [1.165, 1.54) is 0 Å². The lowest BCUT2D eigenvalue weighted by atomic mass is 10.1. The highest BCUT2D eigenvalue weighted by Gasteiger charge is 2.23. The molecule has 0 radical (unpaired) electrons. The summed E-state index contributed by atoms with van der Waals surface area (Å²) in [4.78, 5) is 26.2. The molecule has 6 nitrogen and oxygen atoms in total. The minimum absolute atomic E-state index is 0.304. The van der Waals surface area contributed by atoms with Crippen LogP contribution < -0.4 is 9.80 Å². The molecule has 0 unspecified atom stereocenters. The number of nitrogens with zero attached hydrogens (tertiary/aromatic N) is 4. The molecule has 0 aliphatic carbocycles. The molecule has 0 aliphatic heterocycles. The van der Waals surface area contributed by atoms with Crippen molar-refractivity contribution >= 4 is 39.2 Å². The summed E-state index contributed by atoms with van der Waals surface area (Å²) in [6.45, 7) is 8.53. The van der Waals surface area contributed by atoms with E-state index in [0.29, 0.717) is 6.54 Å². The minimum atomic E-state index is -0.545. The Morgan fingerprint density at radius 3 is 2.26 bits per heavy atom. The summed E-state index contributed by atoms with van der Waals surface area (Å²) >= 11 is 1.64. The van der Waals surface area contributed by atoms with E-state index in [0.717, 1.165) is 69.1 Å². The number of hydrogen-bond acceptors (Lipinski definition) is 6. The van der Waals surface area contributed by atoms with Gasteiger partial charge in [0.05, 0.1) is 10.2 Å². The third-order valence-electron chi connectivity index (χ3n) is 6.20. The highest BCUT2D eigenvalue weighted by molar-refractivity contribution is 7.21. The second kappa shape index (κ2) is 11.9. The zero-order valence-corrected chi connectivity index (χ0v) is 24.1. The summed E-state index contributed by atoms with van der Waals surface area (Å²) < 4.78 is 6.78. The first-order chi connectivity index (χ1) is 18.1. The Bertz CT molecular complexity index is 1360. The number of amides is 1. The lowest BCUT2D eigenvalue weighted by Crippen LogP contribution is -2.37. The van der Waals surface area contributed by atoms with E-state index in [1.54, 1.807) is 16.2 Å². The van der Waals surface area contributed by atoms with Gasteiger partial charge in [-0.25, -0.2) is 14.8 Å². The second-order valence-electron chi connectivity index (χ2n) is 10.7. The maximum Gasteiger partial charge on any atom is 0.414 e. The predicted molar refractivity (Wildman–Crippen MR) is 160 cm³/mol. The Labute approximate surface area is 230 Å². The Hall–Kier alpha value is -3.45. The SMILES string of the molecule is CCCCCCN(C(=O)OC(C)(C)C)c1ccc2nc(-c3ccc(-c4ccc(N(C)C)nc4)cc3)sc2c1. The van der Waals surface area contributed by atoms with Crippen molar-refractivity contribution in [3.05, 3.63) is 60.8 Å². The van der Waals surface area contributed by atoms with E-state index < -0.39 is 5.60 Å². The van der Waals surface area contributed by atoms with Gasteiger partial charge in [0.25, 0.3) is 0 Å². The summed E-state index contributed by atoms with van der Waals surface area (Å²) in [6.07, 6.45) is 5.95. The molecule has 200 valence electrons. The Kier molecular flexibility index (Phi) is 8.67. The quantitative estimate of drug-likeness (QED) is 0.203. The summed E-state index contributed by atoms with van der Waals surface area (Å²) in [6, 6.07) is 18.6. The smallest absolute Gasteiger partial charge is 0.414 e. The largest absolute Gasteiger partial charge is 0.443 e. The van der Waals surface area contributed by atoms with Crippen molar-refractivity contribution in [1.29, 1.82) is 0 Å². The summed E-state index contributed by atoms with van der Waals surface area (Å²) in [7, 11) is 3.97. The molecule has 4 rings (SSSR count). The summed E-state index contributed by atoms with van der Waals surface area (Å²) in [5, 5.41) is 0.955. The predicted octanol–water partition coefficient (Wildman–Crippen LogP) is 8.41. The molecule has 0 saturated heterocycles. The lowest BCUT2D eigenvalue weighted by molar-refractivity contribution is 0.0580. The van der Waals surface area contributed by atoms with Crippen molar-refractivity contribution in [2.24, 2.45) is 0 Å². The number of aromatic nitrogens is 2. The van der Waals surface area contributed by atoms with Crippen molar-refractivity contribution < 1.29 is 9.53 Å². The molecular weight excluding hydrogens is 492 g/mol. The van der Waals surface area contributed by atoms with Crippen LogP contribution in [0.1, 0.15) is 53.4 Å². The van der Waals surface area contributed by atoms with E-state index in [9.17, 15) is 4.79 Å². The standard InChI is InChI=1S/C31H38N4O2S/c1-7-8-9-10-19-35(30(36)37-31(2,3)4)25-16-17-26-27(20-25)38-29(33-26)23-13-11-22(12-14-23)24-15-18-28(32-21-24)34(5)6/h11-18,20-21H,7-10,19H2,1-6H3. The molecule has 0 saturated carbocycles. The van der Waals surface area contributed by atoms with E-state index in [4.69, 9.17) is 9.72 Å². The number of thiazole rings is 1. The molecule has 0 bridgehead atoms. The van der Waals surface area contributed by atoms with E-state index in [-0.39, 0.29) is 6.09 Å². The second-order valence-corrected chi connectivity index (χ2v) is 11.8. The van der Waals surface area contributed by atoms with Gasteiger partial charge in [-0.2, -0.15) is 0 Å². The number of rotatable bonds is 9. The molecule has 2 aromatic carbocycles. The Balaban J connectivity index is 1.56. The monoisotopic (exact) mass is 530 g/mol. The van der Waals surface area contributed by atoms with Crippen LogP contribution in [0, 0.1) is 0 Å². The number of hydrogen-bond donors (Lipinski definition) is 0. The van der Waals surface area contributed by atoms with Gasteiger partial charge in [-0.1, -0.05) is 50.5 Å². The van der Waals surface area contributed by atoms with Crippen molar-refractivity contribution in [2.75, 3.05) is 30.4 Å². The van der Waals surface area contributed by atoms with Gasteiger partial charge in [-0.3, -0.25) is 4.90 Å². The molecule has 4 aromatic rings. The fourth-order valence-corrected chi connectivity index (χ4v) is 5.17. The molecule has 2 aromatic heterocycles. The topological polar surface area (TPSA) is 58.6 Å². The third-order valence-corrected chi connectivity index (χ3v) is 7.27. The summed E-state index contributed by atoms with van der Waals surface area (Å²) in [5.74, 6) is 0.936. The van der Waals surface area contributed by atoms with Crippen LogP contribution in [-0.2, 0) is 4.74 Å². The number of carbonyl (C=O) groups excluding carboxylic acids is 1. The van der Waals surface area contributed by atoms with Crippen LogP contribution >= 0.6 is 11.3 Å².